The van der Waals surface area contributed by atoms with E-state index in [1.165, 1.54) is 0 Å². The van der Waals surface area contributed by atoms with Crippen molar-refractivity contribution in [1.82, 2.24) is 0 Å². The third kappa shape index (κ3) is 9.25. The van der Waals surface area contributed by atoms with E-state index in [1.54, 1.807) is 6.92 Å². The fourth-order valence-electron chi connectivity index (χ4n) is 1.20. The average molecular weight is 184 g/mol. The van der Waals surface area contributed by atoms with Crippen molar-refractivity contribution in [2.24, 2.45) is 0 Å². The average Bonchev–Trinajstić information content (AvgIpc) is 2.08. The third-order valence-corrected chi connectivity index (χ3v) is 2.04. The Balaban J connectivity index is 3.22. The van der Waals surface area contributed by atoms with Gasteiger partial charge in [-0.25, -0.2) is 0 Å². The van der Waals surface area contributed by atoms with Crippen LogP contribution >= 0.6 is 0 Å². The summed E-state index contributed by atoms with van der Waals surface area (Å²) in [7, 11) is 0. The molecular weight excluding hydrogens is 164 g/mol. The summed E-state index contributed by atoms with van der Waals surface area (Å²) in [6.07, 6.45) is 5.84. The van der Waals surface area contributed by atoms with Crippen LogP contribution in [0.5, 0.6) is 0 Å². The zero-order chi connectivity index (χ0) is 10.1. The van der Waals surface area contributed by atoms with Gasteiger partial charge in [0.1, 0.15) is 11.6 Å². The van der Waals surface area contributed by atoms with E-state index < -0.39 is 0 Å². The number of carbonyl (C=O) groups is 2. The lowest BCUT2D eigenvalue weighted by Crippen LogP contribution is -1.98. The predicted octanol–water partition coefficient (Wildman–Crippen LogP) is 2.90. The second-order valence-corrected chi connectivity index (χ2v) is 3.55. The summed E-state index contributed by atoms with van der Waals surface area (Å²) in [6, 6.07) is 0. The molecule has 0 aliphatic carbocycles. The molecule has 0 aliphatic heterocycles. The van der Waals surface area contributed by atoms with Crippen molar-refractivity contribution in [3.8, 4) is 0 Å². The molecule has 0 aromatic heterocycles. The predicted molar refractivity (Wildman–Crippen MR) is 53.7 cm³/mol. The highest BCUT2D eigenvalue weighted by molar-refractivity contribution is 5.78. The Hall–Kier alpha value is -0.660. The minimum Gasteiger partial charge on any atom is -0.300 e. The van der Waals surface area contributed by atoms with Gasteiger partial charge in [0.15, 0.2) is 0 Å². The standard InChI is InChI=1S/C11H20O2/c1-3-4-8-11(13)9-6-5-7-10(2)12/h3-9H2,1-2H3. The molecule has 2 heteroatoms. The summed E-state index contributed by atoms with van der Waals surface area (Å²) in [5.74, 6) is 0.575. The number of hydrogen-bond donors (Lipinski definition) is 0. The van der Waals surface area contributed by atoms with E-state index >= 15 is 0 Å². The first kappa shape index (κ1) is 12.3. The van der Waals surface area contributed by atoms with Crippen LogP contribution in [-0.2, 0) is 9.59 Å². The zero-order valence-electron chi connectivity index (χ0n) is 8.77. The van der Waals surface area contributed by atoms with Crippen molar-refractivity contribution in [1.29, 1.82) is 0 Å². The second kappa shape index (κ2) is 7.96. The van der Waals surface area contributed by atoms with Gasteiger partial charge in [0.2, 0.25) is 0 Å². The maximum Gasteiger partial charge on any atom is 0.132 e. The van der Waals surface area contributed by atoms with E-state index in [2.05, 4.69) is 6.92 Å². The van der Waals surface area contributed by atoms with Crippen molar-refractivity contribution in [2.45, 2.75) is 58.8 Å². The fraction of sp³-hybridized carbons (Fsp3) is 0.818. The molecule has 0 saturated heterocycles. The molecule has 0 aromatic carbocycles. The van der Waals surface area contributed by atoms with Crippen molar-refractivity contribution >= 4 is 11.6 Å². The van der Waals surface area contributed by atoms with Crippen LogP contribution in [-0.4, -0.2) is 11.6 Å². The highest BCUT2D eigenvalue weighted by Crippen LogP contribution is 2.05. The molecule has 0 radical (unpaired) electrons. The lowest BCUT2D eigenvalue weighted by atomic mass is 10.1. The molecule has 0 bridgehead atoms. The van der Waals surface area contributed by atoms with Gasteiger partial charge >= 0.3 is 0 Å². The van der Waals surface area contributed by atoms with Crippen molar-refractivity contribution in [3.63, 3.8) is 0 Å². The quantitative estimate of drug-likeness (QED) is 0.543. The normalized spacial score (nSPS) is 10.0. The summed E-state index contributed by atoms with van der Waals surface area (Å²) >= 11 is 0. The Morgan fingerprint density at radius 1 is 0.923 bits per heavy atom. The van der Waals surface area contributed by atoms with E-state index in [9.17, 15) is 9.59 Å². The van der Waals surface area contributed by atoms with E-state index in [-0.39, 0.29) is 5.78 Å². The van der Waals surface area contributed by atoms with E-state index in [4.69, 9.17) is 0 Å². The summed E-state index contributed by atoms with van der Waals surface area (Å²) in [5, 5.41) is 0. The Labute approximate surface area is 80.7 Å². The van der Waals surface area contributed by atoms with Crippen LogP contribution in [0.2, 0.25) is 0 Å². The highest BCUT2D eigenvalue weighted by atomic mass is 16.1. The topological polar surface area (TPSA) is 34.1 Å². The zero-order valence-corrected chi connectivity index (χ0v) is 8.77. The minimum absolute atomic E-state index is 0.223. The molecule has 0 heterocycles. The Kier molecular flexibility index (Phi) is 7.56. The Bertz CT molecular complexity index is 161. The smallest absolute Gasteiger partial charge is 0.132 e. The second-order valence-electron chi connectivity index (χ2n) is 3.55. The molecule has 76 valence electrons. The Morgan fingerprint density at radius 2 is 1.46 bits per heavy atom. The molecule has 0 aromatic rings. The molecule has 0 rings (SSSR count). The summed E-state index contributed by atoms with van der Waals surface area (Å²) < 4.78 is 0. The summed E-state index contributed by atoms with van der Waals surface area (Å²) in [5.41, 5.74) is 0. The number of unbranched alkanes of at least 4 members (excludes halogenated alkanes) is 2. The van der Waals surface area contributed by atoms with Gasteiger partial charge in [0, 0.05) is 19.3 Å². The molecule has 0 spiro atoms. The molecule has 0 atom stereocenters. The molecule has 0 saturated carbocycles. The summed E-state index contributed by atoms with van der Waals surface area (Å²) in [4.78, 5) is 21.7. The molecule has 0 unspecified atom stereocenters. The van der Waals surface area contributed by atoms with Gasteiger partial charge in [-0.05, 0) is 26.2 Å². The Morgan fingerprint density at radius 3 is 2.00 bits per heavy atom. The van der Waals surface area contributed by atoms with Crippen LogP contribution in [0.15, 0.2) is 0 Å². The van der Waals surface area contributed by atoms with Crippen LogP contribution < -0.4 is 0 Å². The highest BCUT2D eigenvalue weighted by Gasteiger charge is 2.01. The minimum atomic E-state index is 0.223. The monoisotopic (exact) mass is 184 g/mol. The maximum atomic E-state index is 11.2. The van der Waals surface area contributed by atoms with Gasteiger partial charge in [0.05, 0.1) is 0 Å². The third-order valence-electron chi connectivity index (χ3n) is 2.04. The number of hydrogen-bond acceptors (Lipinski definition) is 2. The van der Waals surface area contributed by atoms with Crippen LogP contribution in [0.4, 0.5) is 0 Å². The number of ketones is 2. The van der Waals surface area contributed by atoms with Crippen LogP contribution in [0.3, 0.4) is 0 Å². The molecule has 13 heavy (non-hydrogen) atoms. The number of Topliss-reactive ketones (excluding diaryl/α,β-unsaturated/α-hetero) is 2. The molecule has 0 aliphatic rings. The largest absolute Gasteiger partial charge is 0.300 e. The van der Waals surface area contributed by atoms with Crippen LogP contribution in [0, 0.1) is 0 Å². The van der Waals surface area contributed by atoms with Crippen LogP contribution in [0.1, 0.15) is 58.8 Å². The molecular formula is C11H20O2. The van der Waals surface area contributed by atoms with Crippen molar-refractivity contribution in [3.05, 3.63) is 0 Å². The fourth-order valence-corrected chi connectivity index (χ4v) is 1.20. The maximum absolute atomic E-state index is 11.2. The van der Waals surface area contributed by atoms with Gasteiger partial charge in [-0.15, -0.1) is 0 Å². The van der Waals surface area contributed by atoms with Crippen molar-refractivity contribution < 1.29 is 9.59 Å². The summed E-state index contributed by atoms with van der Waals surface area (Å²) in [6.45, 7) is 3.68. The van der Waals surface area contributed by atoms with E-state index in [0.29, 0.717) is 18.6 Å². The van der Waals surface area contributed by atoms with Gasteiger partial charge in [0.25, 0.3) is 0 Å². The number of carbonyl (C=O) groups excluding carboxylic acids is 2. The van der Waals surface area contributed by atoms with Crippen molar-refractivity contribution in [2.75, 3.05) is 0 Å². The van der Waals surface area contributed by atoms with E-state index in [0.717, 1.165) is 32.1 Å². The first-order valence-electron chi connectivity index (χ1n) is 5.18. The van der Waals surface area contributed by atoms with E-state index in [1.807, 2.05) is 0 Å². The molecule has 0 amide bonds. The van der Waals surface area contributed by atoms with Gasteiger partial charge in [-0.3, -0.25) is 4.79 Å². The van der Waals surface area contributed by atoms with Gasteiger partial charge < -0.3 is 4.79 Å². The lowest BCUT2D eigenvalue weighted by Gasteiger charge is -1.98. The lowest BCUT2D eigenvalue weighted by molar-refractivity contribution is -0.120. The number of rotatable bonds is 8. The molecule has 0 N–H and O–H groups in total. The van der Waals surface area contributed by atoms with Gasteiger partial charge in [-0.1, -0.05) is 13.3 Å². The SMILES string of the molecule is CCCCC(=O)CCCCC(C)=O. The van der Waals surface area contributed by atoms with Gasteiger partial charge in [-0.2, -0.15) is 0 Å². The first-order valence-corrected chi connectivity index (χ1v) is 5.18. The first-order chi connectivity index (χ1) is 6.16. The molecule has 2 nitrogen and oxygen atoms in total. The van der Waals surface area contributed by atoms with Crippen LogP contribution in [0.25, 0.3) is 0 Å². The molecule has 0 fully saturated rings.